The zero-order chi connectivity index (χ0) is 76.4. The third-order valence-electron chi connectivity index (χ3n) is 24.0. The molecule has 0 fully saturated rings. The highest BCUT2D eigenvalue weighted by Crippen LogP contribution is 2.49. The molecule has 0 N–H and O–H groups in total. The highest BCUT2D eigenvalue weighted by molar-refractivity contribution is 7.20. The predicted octanol–water partition coefficient (Wildman–Crippen LogP) is 19.8. The zero-order valence-corrected chi connectivity index (χ0v) is 68.7. The number of benzene rings is 14. The molecule has 2 aliphatic rings. The Labute approximate surface area is 655 Å². The lowest BCUT2D eigenvalue weighted by Crippen LogP contribution is -2.74. The van der Waals surface area contributed by atoms with E-state index in [1.54, 1.807) is 0 Å². The van der Waals surface area contributed by atoms with Crippen LogP contribution in [0.2, 0.25) is 0 Å². The molecule has 14 aromatic carbocycles. The SMILES string of the molecule is CC(C)(C)c1cc(-c2ccc3c(c2)N(c2ccc([Si](c4ccccc4)(c4ccccc4)c4ccccc4)cc2)c2cc(-n4c5ccc(C(C)(C)C)cc5c5cc(C(C)(C)C)ccc54)cc4c2B3c2cc(C(C)(C)C)ccc2N4c2ccc([Si](c3ccccc3)(c3ccccc3)c3ccccc3)cc2)cc(C(C)(C)C)c1. The molecule has 542 valence electrons. The van der Waals surface area contributed by atoms with Crippen LogP contribution in [-0.4, -0.2) is 27.4 Å². The van der Waals surface area contributed by atoms with E-state index in [0.29, 0.717) is 0 Å². The minimum atomic E-state index is -2.96. The topological polar surface area (TPSA) is 11.4 Å². The number of aromatic nitrogens is 1. The van der Waals surface area contributed by atoms with Gasteiger partial charge in [-0.15, -0.1) is 0 Å². The molecule has 17 rings (SSSR count). The van der Waals surface area contributed by atoms with Gasteiger partial charge in [0.2, 0.25) is 0 Å². The molecule has 0 bridgehead atoms. The van der Waals surface area contributed by atoms with Crippen molar-refractivity contribution in [2.75, 3.05) is 9.80 Å². The summed E-state index contributed by atoms with van der Waals surface area (Å²) in [7, 11) is -5.90. The van der Waals surface area contributed by atoms with E-state index in [2.05, 4.69) is 452 Å². The van der Waals surface area contributed by atoms with Crippen molar-refractivity contribution in [1.29, 1.82) is 0 Å². The Morgan fingerprint density at radius 1 is 0.227 bits per heavy atom. The fraction of sp³-hybridized carbons (Fsp3) is 0.192. The van der Waals surface area contributed by atoms with Crippen molar-refractivity contribution < 1.29 is 0 Å². The van der Waals surface area contributed by atoms with E-state index >= 15 is 0 Å². The lowest BCUT2D eigenvalue weighted by atomic mass is 9.33. The maximum Gasteiger partial charge on any atom is 0.252 e. The van der Waals surface area contributed by atoms with Crippen LogP contribution in [0.1, 0.15) is 132 Å². The van der Waals surface area contributed by atoms with Crippen LogP contribution in [0.3, 0.4) is 0 Å². The summed E-state index contributed by atoms with van der Waals surface area (Å²) in [5.74, 6) is 0. The molecule has 0 amide bonds. The number of rotatable bonds is 12. The normalized spacial score (nSPS) is 13.4. The van der Waals surface area contributed by atoms with Crippen molar-refractivity contribution in [3.05, 3.63) is 361 Å². The van der Waals surface area contributed by atoms with Gasteiger partial charge in [-0.25, -0.2) is 0 Å². The van der Waals surface area contributed by atoms with E-state index in [9.17, 15) is 0 Å². The van der Waals surface area contributed by atoms with Crippen molar-refractivity contribution >= 4 is 137 Å². The first-order valence-corrected chi connectivity index (χ1v) is 43.6. The summed E-state index contributed by atoms with van der Waals surface area (Å²) < 4.78 is 2.60. The van der Waals surface area contributed by atoms with E-state index in [0.717, 1.165) is 28.4 Å². The van der Waals surface area contributed by atoms with Crippen molar-refractivity contribution in [1.82, 2.24) is 4.57 Å². The molecule has 0 aliphatic carbocycles. The minimum absolute atomic E-state index is 0.0763. The molecule has 1 aromatic heterocycles. The number of fused-ring (bicyclic) bond motifs is 7. The van der Waals surface area contributed by atoms with Gasteiger partial charge in [0.25, 0.3) is 6.71 Å². The molecule has 3 heterocycles. The summed E-state index contributed by atoms with van der Waals surface area (Å²) in [5.41, 5.74) is 22.7. The van der Waals surface area contributed by atoms with Gasteiger partial charge >= 0.3 is 0 Å². The van der Waals surface area contributed by atoms with Crippen LogP contribution in [0.25, 0.3) is 38.6 Å². The van der Waals surface area contributed by atoms with Crippen LogP contribution in [-0.2, 0) is 27.1 Å². The smallest absolute Gasteiger partial charge is 0.252 e. The van der Waals surface area contributed by atoms with Gasteiger partial charge in [-0.05, 0) is 197 Å². The Bertz CT molecular complexity index is 5660. The van der Waals surface area contributed by atoms with Gasteiger partial charge in [-0.1, -0.05) is 365 Å². The molecule has 0 unspecified atom stereocenters. The first kappa shape index (κ1) is 71.9. The molecular formula is C104H100BN3Si2. The molecule has 0 atom stereocenters. The molecule has 0 radical (unpaired) electrons. The quantitative estimate of drug-likeness (QED) is 0.0892. The van der Waals surface area contributed by atoms with Crippen molar-refractivity contribution in [3.8, 4) is 16.8 Å². The van der Waals surface area contributed by atoms with Crippen LogP contribution < -0.4 is 67.7 Å². The first-order chi connectivity index (χ1) is 52.7. The fourth-order valence-electron chi connectivity index (χ4n) is 18.1. The minimum Gasteiger partial charge on any atom is -0.311 e. The second kappa shape index (κ2) is 26.9. The summed E-state index contributed by atoms with van der Waals surface area (Å²) in [6.07, 6.45) is 0. The van der Waals surface area contributed by atoms with E-state index in [-0.39, 0.29) is 33.8 Å². The fourth-order valence-corrected chi connectivity index (χ4v) is 27.5. The van der Waals surface area contributed by atoms with Crippen molar-refractivity contribution in [2.45, 2.75) is 131 Å². The maximum absolute atomic E-state index is 2.96. The summed E-state index contributed by atoms with van der Waals surface area (Å²) >= 11 is 0. The Kier molecular flexibility index (Phi) is 17.6. The molecule has 0 saturated heterocycles. The average Bonchev–Trinajstić information content (AvgIpc) is 0.703. The molecule has 2 aliphatic heterocycles. The first-order valence-electron chi connectivity index (χ1n) is 39.6. The molecule has 0 spiro atoms. The van der Waals surface area contributed by atoms with Crippen LogP contribution in [0.5, 0.6) is 0 Å². The lowest BCUT2D eigenvalue weighted by molar-refractivity contribution is 0.569. The van der Waals surface area contributed by atoms with Gasteiger partial charge in [0.1, 0.15) is 0 Å². The van der Waals surface area contributed by atoms with Gasteiger partial charge in [-0.3, -0.25) is 0 Å². The van der Waals surface area contributed by atoms with Gasteiger partial charge in [-0.2, -0.15) is 0 Å². The third-order valence-corrected chi connectivity index (χ3v) is 33.6. The van der Waals surface area contributed by atoms with Gasteiger partial charge in [0, 0.05) is 44.9 Å². The molecule has 0 saturated carbocycles. The Balaban J connectivity index is 0.997. The molecule has 6 heteroatoms. The molecular weight excluding hydrogens is 1360 g/mol. The van der Waals surface area contributed by atoms with Crippen LogP contribution in [0, 0.1) is 0 Å². The van der Waals surface area contributed by atoms with Gasteiger partial charge in [0.05, 0.1) is 16.7 Å². The van der Waals surface area contributed by atoms with Crippen LogP contribution >= 0.6 is 0 Å². The number of nitrogens with zero attached hydrogens (tertiary/aromatic N) is 3. The van der Waals surface area contributed by atoms with E-state index < -0.39 is 16.1 Å². The Morgan fingerprint density at radius 3 is 0.909 bits per heavy atom. The summed E-state index contributed by atoms with van der Waals surface area (Å²) in [5, 5.41) is 13.3. The van der Waals surface area contributed by atoms with Crippen LogP contribution in [0.15, 0.2) is 334 Å². The molecule has 110 heavy (non-hydrogen) atoms. The highest BCUT2D eigenvalue weighted by Gasteiger charge is 2.47. The lowest BCUT2D eigenvalue weighted by Gasteiger charge is -2.45. The number of hydrogen-bond acceptors (Lipinski definition) is 2. The van der Waals surface area contributed by atoms with Crippen LogP contribution in [0.4, 0.5) is 34.1 Å². The molecule has 15 aromatic rings. The third kappa shape index (κ3) is 12.2. The largest absolute Gasteiger partial charge is 0.311 e. The monoisotopic (exact) mass is 1460 g/mol. The predicted molar refractivity (Wildman–Crippen MR) is 481 cm³/mol. The highest BCUT2D eigenvalue weighted by atomic mass is 28.3. The second-order valence-corrected chi connectivity index (χ2v) is 43.8. The summed E-state index contributed by atoms with van der Waals surface area (Å²) in [6, 6.07) is 130. The Morgan fingerprint density at radius 2 is 0.555 bits per heavy atom. The maximum atomic E-state index is 2.68. The van der Waals surface area contributed by atoms with Gasteiger partial charge < -0.3 is 14.4 Å². The number of hydrogen-bond donors (Lipinski definition) is 0. The Hall–Kier alpha value is -11.0. The van der Waals surface area contributed by atoms with Gasteiger partial charge in [0.15, 0.2) is 16.1 Å². The zero-order valence-electron chi connectivity index (χ0n) is 66.7. The van der Waals surface area contributed by atoms with E-state index in [1.165, 1.54) is 130 Å². The number of anilines is 6. The summed E-state index contributed by atoms with van der Waals surface area (Å²) in [6.45, 7) is 35.2. The van der Waals surface area contributed by atoms with E-state index in [1.807, 2.05) is 0 Å². The summed E-state index contributed by atoms with van der Waals surface area (Å²) in [4.78, 5) is 5.33. The average molecular weight is 1460 g/mol. The van der Waals surface area contributed by atoms with E-state index in [4.69, 9.17) is 0 Å². The van der Waals surface area contributed by atoms with Crippen molar-refractivity contribution in [3.63, 3.8) is 0 Å². The standard InChI is InChI=1S/C104H100BN3Si2/c1-100(2,3)73-47-59-93-89(66-73)90-67-74(101(4,5)6)48-60-94(90)108(93)80-69-97-99-98(70-80)107(79-52-56-88(57-53-79)110(84-40-28-19-29-41-84,85-42-30-20-31-43-85)86-44-32-21-33-45-86)96-64-71(72-62-76(103(10,11)12)65-77(63-72)104(13,14)15)46-58-91(96)105(99)92-68-75(102(7,8)9)49-61-95(92)106(97)78-50-54-87(55-51-78)109(81-34-22-16-23-35-81,82-36-24-17-25-37-82)83-38-26-18-27-39-83/h16-70H,1-15H3. The molecule has 3 nitrogen and oxygen atoms in total. The second-order valence-electron chi connectivity index (χ2n) is 36.2. The van der Waals surface area contributed by atoms with Crippen molar-refractivity contribution in [2.24, 2.45) is 0 Å².